The Hall–Kier alpha value is -1.63. The average molecular weight is 300 g/mol. The maximum atomic E-state index is 12.0. The van der Waals surface area contributed by atoms with Crippen LogP contribution in [0.1, 0.15) is 33.1 Å². The van der Waals surface area contributed by atoms with E-state index in [2.05, 4.69) is 5.32 Å². The normalized spacial score (nSPS) is 19.2. The maximum absolute atomic E-state index is 12.0. The van der Waals surface area contributed by atoms with E-state index >= 15 is 0 Å². The number of ether oxygens (including phenoxy) is 1. The molecule has 1 saturated heterocycles. The molecule has 0 aromatic heterocycles. The van der Waals surface area contributed by atoms with Crippen LogP contribution < -0.4 is 5.32 Å². The van der Waals surface area contributed by atoms with Gasteiger partial charge in [-0.25, -0.2) is 4.79 Å². The Morgan fingerprint density at radius 1 is 1.38 bits per heavy atom. The third-order valence-corrected chi connectivity index (χ3v) is 3.64. The number of amides is 3. The molecule has 0 spiro atoms. The van der Waals surface area contributed by atoms with Crippen LogP contribution in [0.4, 0.5) is 4.79 Å². The van der Waals surface area contributed by atoms with E-state index in [0.717, 1.165) is 12.8 Å². The molecule has 0 aromatic carbocycles. The minimum absolute atomic E-state index is 0.233. The van der Waals surface area contributed by atoms with Gasteiger partial charge in [-0.05, 0) is 26.7 Å². The monoisotopic (exact) mass is 300 g/mol. The molecule has 0 radical (unpaired) electrons. The molecular weight excluding hydrogens is 276 g/mol. The first-order valence-corrected chi connectivity index (χ1v) is 7.07. The Balaban J connectivity index is 2.49. The number of carboxylic acids is 1. The lowest BCUT2D eigenvalue weighted by Crippen LogP contribution is -2.48. The number of urea groups is 1. The van der Waals surface area contributed by atoms with E-state index in [1.807, 2.05) is 0 Å². The number of carboxylic acid groups (broad SMARTS) is 1. The fraction of sp³-hybridized carbons (Fsp3) is 0.786. The van der Waals surface area contributed by atoms with Gasteiger partial charge in [0.15, 0.2) is 0 Å². The van der Waals surface area contributed by atoms with E-state index in [-0.39, 0.29) is 12.3 Å². The van der Waals surface area contributed by atoms with Crippen LogP contribution in [0.5, 0.6) is 0 Å². The van der Waals surface area contributed by atoms with Gasteiger partial charge in [0.1, 0.15) is 0 Å². The van der Waals surface area contributed by atoms with Gasteiger partial charge in [-0.1, -0.05) is 0 Å². The molecule has 0 aromatic rings. The second kappa shape index (κ2) is 7.40. The zero-order valence-corrected chi connectivity index (χ0v) is 12.8. The van der Waals surface area contributed by atoms with Gasteiger partial charge < -0.3 is 14.7 Å². The number of hydrogen-bond donors (Lipinski definition) is 2. The van der Waals surface area contributed by atoms with Crippen LogP contribution in [-0.2, 0) is 14.3 Å². The Bertz CT molecular complexity index is 406. The summed E-state index contributed by atoms with van der Waals surface area (Å²) < 4.78 is 5.09. The number of methoxy groups -OCH3 is 1. The molecule has 1 heterocycles. The van der Waals surface area contributed by atoms with Gasteiger partial charge in [0.05, 0.1) is 12.0 Å². The summed E-state index contributed by atoms with van der Waals surface area (Å²) in [6.45, 7) is 4.64. The molecule has 1 atom stereocenters. The second-order valence-electron chi connectivity index (χ2n) is 6.13. The quantitative estimate of drug-likeness (QED) is 0.792. The lowest BCUT2D eigenvalue weighted by molar-refractivity contribution is -0.149. The van der Waals surface area contributed by atoms with Gasteiger partial charge in [0, 0.05) is 32.5 Å². The maximum Gasteiger partial charge on any atom is 0.324 e. The number of nitrogens with zero attached hydrogens (tertiary/aromatic N) is 1. The molecule has 1 rings (SSSR count). The summed E-state index contributed by atoms with van der Waals surface area (Å²) in [4.78, 5) is 36.3. The predicted octanol–water partition coefficient (Wildman–Crippen LogP) is 1.08. The number of imide groups is 1. The number of carbonyl (C=O) groups is 3. The summed E-state index contributed by atoms with van der Waals surface area (Å²) in [7, 11) is 1.62. The number of rotatable bonds is 5. The fourth-order valence-corrected chi connectivity index (χ4v) is 2.34. The minimum Gasteiger partial charge on any atom is -0.481 e. The van der Waals surface area contributed by atoms with Crippen LogP contribution in [0.3, 0.4) is 0 Å². The summed E-state index contributed by atoms with van der Waals surface area (Å²) in [6, 6.07) is -0.456. The summed E-state index contributed by atoms with van der Waals surface area (Å²) >= 11 is 0. The molecule has 7 nitrogen and oxygen atoms in total. The zero-order chi connectivity index (χ0) is 16.0. The van der Waals surface area contributed by atoms with Crippen molar-refractivity contribution >= 4 is 17.9 Å². The highest BCUT2D eigenvalue weighted by Gasteiger charge is 2.32. The van der Waals surface area contributed by atoms with Crippen molar-refractivity contribution in [3.05, 3.63) is 0 Å². The van der Waals surface area contributed by atoms with Gasteiger partial charge in [-0.3, -0.25) is 14.9 Å². The van der Waals surface area contributed by atoms with Crippen LogP contribution in [0.2, 0.25) is 0 Å². The van der Waals surface area contributed by atoms with Crippen molar-refractivity contribution in [2.75, 3.05) is 26.8 Å². The zero-order valence-electron chi connectivity index (χ0n) is 12.8. The molecule has 1 aliphatic heterocycles. The van der Waals surface area contributed by atoms with Crippen LogP contribution >= 0.6 is 0 Å². The third-order valence-electron chi connectivity index (χ3n) is 3.64. The number of nitrogens with one attached hydrogen (secondary N) is 1. The highest BCUT2D eigenvalue weighted by Crippen LogP contribution is 2.20. The van der Waals surface area contributed by atoms with E-state index in [9.17, 15) is 14.4 Å². The van der Waals surface area contributed by atoms with Crippen molar-refractivity contribution in [1.29, 1.82) is 0 Å². The largest absolute Gasteiger partial charge is 0.481 e. The Labute approximate surface area is 124 Å². The van der Waals surface area contributed by atoms with Crippen molar-refractivity contribution in [2.45, 2.75) is 33.1 Å². The Kier molecular flexibility index (Phi) is 6.14. The SMILES string of the molecule is COCC1CCCN(C(=O)NC(=O)CC(C)(C)C(=O)O)C1. The summed E-state index contributed by atoms with van der Waals surface area (Å²) in [6.07, 6.45) is 1.64. The minimum atomic E-state index is -1.19. The molecule has 1 unspecified atom stereocenters. The van der Waals surface area contributed by atoms with Crippen molar-refractivity contribution in [3.63, 3.8) is 0 Å². The molecule has 120 valence electrons. The first-order chi connectivity index (χ1) is 9.76. The number of likely N-dealkylation sites (tertiary alicyclic amines) is 1. The van der Waals surface area contributed by atoms with Crippen molar-refractivity contribution in [2.24, 2.45) is 11.3 Å². The fourth-order valence-electron chi connectivity index (χ4n) is 2.34. The highest BCUT2D eigenvalue weighted by atomic mass is 16.5. The van der Waals surface area contributed by atoms with E-state index in [1.54, 1.807) is 12.0 Å². The van der Waals surface area contributed by atoms with Crippen molar-refractivity contribution < 1.29 is 24.2 Å². The third kappa shape index (κ3) is 5.34. The van der Waals surface area contributed by atoms with E-state index < -0.39 is 23.3 Å². The molecule has 7 heteroatoms. The smallest absolute Gasteiger partial charge is 0.324 e. The summed E-state index contributed by atoms with van der Waals surface area (Å²) in [5.41, 5.74) is -1.19. The topological polar surface area (TPSA) is 95.9 Å². The lowest BCUT2D eigenvalue weighted by atomic mass is 9.89. The first-order valence-electron chi connectivity index (χ1n) is 7.07. The molecule has 21 heavy (non-hydrogen) atoms. The molecule has 1 aliphatic rings. The van der Waals surface area contributed by atoms with Crippen LogP contribution in [0.25, 0.3) is 0 Å². The molecular formula is C14H24N2O5. The molecule has 3 amide bonds. The molecule has 1 fully saturated rings. The van der Waals surface area contributed by atoms with Gasteiger partial charge in [0.25, 0.3) is 0 Å². The van der Waals surface area contributed by atoms with Crippen LogP contribution in [-0.4, -0.2) is 54.7 Å². The summed E-state index contributed by atoms with van der Waals surface area (Å²) in [5.74, 6) is -1.36. The molecule has 0 aliphatic carbocycles. The van der Waals surface area contributed by atoms with Crippen molar-refractivity contribution in [1.82, 2.24) is 10.2 Å². The van der Waals surface area contributed by atoms with E-state index in [4.69, 9.17) is 9.84 Å². The Morgan fingerprint density at radius 3 is 2.62 bits per heavy atom. The number of hydrogen-bond acceptors (Lipinski definition) is 4. The average Bonchev–Trinajstić information content (AvgIpc) is 2.38. The lowest BCUT2D eigenvalue weighted by Gasteiger charge is -2.32. The van der Waals surface area contributed by atoms with Gasteiger partial charge in [-0.2, -0.15) is 0 Å². The molecule has 2 N–H and O–H groups in total. The first kappa shape index (κ1) is 17.4. The predicted molar refractivity (Wildman–Crippen MR) is 75.7 cm³/mol. The number of carbonyl (C=O) groups excluding carboxylic acids is 2. The standard InChI is InChI=1S/C14H24N2O5/c1-14(2,12(18)19)7-11(17)15-13(20)16-6-4-5-10(8-16)9-21-3/h10H,4-9H2,1-3H3,(H,18,19)(H,15,17,20). The van der Waals surface area contributed by atoms with Crippen LogP contribution in [0.15, 0.2) is 0 Å². The van der Waals surface area contributed by atoms with Gasteiger partial charge >= 0.3 is 12.0 Å². The summed E-state index contributed by atoms with van der Waals surface area (Å²) in [5, 5.41) is 11.2. The highest BCUT2D eigenvalue weighted by molar-refractivity contribution is 5.96. The van der Waals surface area contributed by atoms with Gasteiger partial charge in [-0.15, -0.1) is 0 Å². The van der Waals surface area contributed by atoms with Crippen molar-refractivity contribution in [3.8, 4) is 0 Å². The number of aliphatic carboxylic acids is 1. The van der Waals surface area contributed by atoms with E-state index in [1.165, 1.54) is 13.8 Å². The second-order valence-corrected chi connectivity index (χ2v) is 6.13. The van der Waals surface area contributed by atoms with E-state index in [0.29, 0.717) is 19.7 Å². The molecule has 0 bridgehead atoms. The van der Waals surface area contributed by atoms with Gasteiger partial charge in [0.2, 0.25) is 5.91 Å². The van der Waals surface area contributed by atoms with Crippen LogP contribution in [0, 0.1) is 11.3 Å². The molecule has 0 saturated carbocycles. The Morgan fingerprint density at radius 2 is 2.05 bits per heavy atom. The number of piperidine rings is 1.